The summed E-state index contributed by atoms with van der Waals surface area (Å²) in [7, 11) is 4.92. The number of nitrogens with zero attached hydrogens (tertiary/aromatic N) is 3. The Hall–Kier alpha value is -3.52. The van der Waals surface area contributed by atoms with Gasteiger partial charge in [-0.25, -0.2) is 0 Å². The Morgan fingerprint density at radius 2 is 1.90 bits per heavy atom. The fraction of sp³-hybridized carbons (Fsp3) is 0.484. The molecule has 2 aromatic carbocycles. The lowest BCUT2D eigenvalue weighted by Crippen LogP contribution is -2.45. The number of hydrogen-bond donors (Lipinski definition) is 2. The van der Waals surface area contributed by atoms with E-state index in [2.05, 4.69) is 51.3 Å². The third-order valence-electron chi connectivity index (χ3n) is 7.76. The van der Waals surface area contributed by atoms with Gasteiger partial charge in [-0.3, -0.25) is 9.79 Å². The van der Waals surface area contributed by atoms with Crippen molar-refractivity contribution in [3.05, 3.63) is 70.6 Å². The molecule has 0 atom stereocenters. The molecule has 8 nitrogen and oxygen atoms in total. The molecule has 1 fully saturated rings. The summed E-state index contributed by atoms with van der Waals surface area (Å²) in [5.41, 5.74) is 11.5. The lowest BCUT2D eigenvalue weighted by molar-refractivity contribution is 0.0956. The second-order valence-electron chi connectivity index (χ2n) is 9.95. The van der Waals surface area contributed by atoms with Crippen molar-refractivity contribution in [3.63, 3.8) is 0 Å². The normalized spacial score (nSPS) is 15.5. The highest BCUT2D eigenvalue weighted by Gasteiger charge is 2.26. The minimum absolute atomic E-state index is 0.136. The molecule has 3 rings (SSSR count). The van der Waals surface area contributed by atoms with E-state index in [4.69, 9.17) is 15.2 Å². The van der Waals surface area contributed by atoms with Crippen LogP contribution in [0.2, 0.25) is 0 Å². The van der Waals surface area contributed by atoms with E-state index < -0.39 is 0 Å². The van der Waals surface area contributed by atoms with E-state index in [-0.39, 0.29) is 18.3 Å². The third-order valence-corrected chi connectivity index (χ3v) is 7.76. The number of rotatable bonds is 12. The summed E-state index contributed by atoms with van der Waals surface area (Å²) in [6.45, 7) is 10.4. The molecule has 2 aromatic rings. The van der Waals surface area contributed by atoms with Crippen LogP contribution in [0.4, 0.5) is 5.69 Å². The number of hydrogen-bond acceptors (Lipinski definition) is 7. The van der Waals surface area contributed by atoms with E-state index in [0.717, 1.165) is 68.2 Å². The Kier molecular flexibility index (Phi) is 11.2. The number of carbonyl (C=O) groups is 1. The van der Waals surface area contributed by atoms with E-state index in [9.17, 15) is 4.79 Å². The second-order valence-corrected chi connectivity index (χ2v) is 9.95. The summed E-state index contributed by atoms with van der Waals surface area (Å²) < 4.78 is 10.6. The molecule has 1 amide bonds. The smallest absolute Gasteiger partial charge is 0.251 e. The number of methoxy groups -OCH3 is 2. The summed E-state index contributed by atoms with van der Waals surface area (Å²) in [6, 6.07) is 14.8. The Labute approximate surface area is 233 Å². The van der Waals surface area contributed by atoms with Crippen molar-refractivity contribution in [2.75, 3.05) is 58.9 Å². The molecule has 1 heterocycles. The zero-order chi connectivity index (χ0) is 28.4. The fourth-order valence-electron chi connectivity index (χ4n) is 5.29. The Morgan fingerprint density at radius 1 is 1.18 bits per heavy atom. The van der Waals surface area contributed by atoms with Crippen LogP contribution in [0.25, 0.3) is 0 Å². The van der Waals surface area contributed by atoms with Crippen LogP contribution >= 0.6 is 0 Å². The summed E-state index contributed by atoms with van der Waals surface area (Å²) in [5, 5.41) is 3.00. The number of benzene rings is 2. The van der Waals surface area contributed by atoms with Crippen LogP contribution in [0, 0.1) is 6.92 Å². The first-order chi connectivity index (χ1) is 18.8. The molecule has 1 aliphatic rings. The van der Waals surface area contributed by atoms with E-state index in [0.29, 0.717) is 17.2 Å². The number of amides is 1. The topological polar surface area (TPSA) is 92.4 Å². The van der Waals surface area contributed by atoms with Gasteiger partial charge in [0.05, 0.1) is 26.3 Å². The molecular weight excluding hydrogens is 490 g/mol. The van der Waals surface area contributed by atoms with E-state index in [1.807, 2.05) is 32.0 Å². The molecular formula is C31H45N5O3. The maximum atomic E-state index is 13.2. The molecule has 1 aliphatic heterocycles. The van der Waals surface area contributed by atoms with Crippen LogP contribution in [-0.4, -0.2) is 76.6 Å². The summed E-state index contributed by atoms with van der Waals surface area (Å²) in [6.07, 6.45) is 3.22. The van der Waals surface area contributed by atoms with E-state index in [1.165, 1.54) is 12.7 Å². The van der Waals surface area contributed by atoms with Crippen molar-refractivity contribution < 1.29 is 14.3 Å². The van der Waals surface area contributed by atoms with Crippen LogP contribution in [0.5, 0.6) is 5.75 Å². The number of likely N-dealkylation sites (tertiary alicyclic amines) is 1. The third kappa shape index (κ3) is 7.76. The lowest BCUT2D eigenvalue weighted by Gasteiger charge is -2.40. The van der Waals surface area contributed by atoms with E-state index in [1.54, 1.807) is 14.2 Å². The van der Waals surface area contributed by atoms with Gasteiger partial charge in [0.15, 0.2) is 5.88 Å². The van der Waals surface area contributed by atoms with Crippen molar-refractivity contribution in [2.45, 2.75) is 46.1 Å². The first kappa shape index (κ1) is 30.0. The van der Waals surface area contributed by atoms with Crippen LogP contribution in [0.15, 0.2) is 58.9 Å². The highest BCUT2D eigenvalue weighted by atomic mass is 16.5. The zero-order valence-corrected chi connectivity index (χ0v) is 24.4. The molecule has 8 heteroatoms. The van der Waals surface area contributed by atoms with Gasteiger partial charge in [0.1, 0.15) is 5.75 Å². The molecule has 0 unspecified atom stereocenters. The first-order valence-corrected chi connectivity index (χ1v) is 13.8. The number of piperidine rings is 1. The molecule has 0 saturated carbocycles. The van der Waals surface area contributed by atoms with Gasteiger partial charge >= 0.3 is 0 Å². The summed E-state index contributed by atoms with van der Waals surface area (Å²) >= 11 is 0. The molecule has 3 N–H and O–H groups in total. The minimum Gasteiger partial charge on any atom is -0.497 e. The van der Waals surface area contributed by atoms with Gasteiger partial charge < -0.3 is 30.3 Å². The number of nitrogens with two attached hydrogens (primary N) is 1. The molecule has 0 aliphatic carbocycles. The minimum atomic E-state index is -0.136. The average Bonchev–Trinajstić information content (AvgIpc) is 2.97. The first-order valence-electron chi connectivity index (χ1n) is 13.8. The quantitative estimate of drug-likeness (QED) is 0.313. The van der Waals surface area contributed by atoms with Crippen molar-refractivity contribution in [3.8, 4) is 5.75 Å². The van der Waals surface area contributed by atoms with Crippen molar-refractivity contribution in [1.82, 2.24) is 10.2 Å². The van der Waals surface area contributed by atoms with Crippen molar-refractivity contribution >= 4 is 17.3 Å². The monoisotopic (exact) mass is 535 g/mol. The molecule has 0 aromatic heterocycles. The fourth-order valence-corrected chi connectivity index (χ4v) is 5.29. The standard InChI is InChI=1S/C31H45N5O3/c1-7-36(25-15-18-35(19-16-25)17-14-24-10-8-11-26(20-24)38-5)29-13-9-12-27(22(29)2)31(37)34-21-28(23(3)33-4)30(32)39-6/h8-13,20,25H,7,14-19,21,32H2,1-6H3,(H,34,37). The Morgan fingerprint density at radius 3 is 2.54 bits per heavy atom. The lowest BCUT2D eigenvalue weighted by atomic mass is 9.98. The van der Waals surface area contributed by atoms with Gasteiger partial charge in [0.25, 0.3) is 5.91 Å². The van der Waals surface area contributed by atoms with Gasteiger partial charge in [-0.2, -0.15) is 0 Å². The SMILES string of the molecule is CCN(c1cccc(C(=O)NCC(C(C)=NC)=C(N)OC)c1C)C1CCN(CCc2cccc(OC)c2)CC1. The maximum Gasteiger partial charge on any atom is 0.251 e. The molecule has 1 saturated heterocycles. The van der Waals surface area contributed by atoms with Crippen LogP contribution in [0.1, 0.15) is 48.2 Å². The molecule has 0 bridgehead atoms. The number of anilines is 1. The molecule has 39 heavy (non-hydrogen) atoms. The van der Waals surface area contributed by atoms with Gasteiger partial charge in [-0.05, 0) is 75.4 Å². The van der Waals surface area contributed by atoms with Gasteiger partial charge in [0.2, 0.25) is 0 Å². The van der Waals surface area contributed by atoms with Gasteiger partial charge in [-0.1, -0.05) is 18.2 Å². The second kappa shape index (κ2) is 14.6. The molecule has 212 valence electrons. The summed E-state index contributed by atoms with van der Waals surface area (Å²) in [5.74, 6) is 1.04. The highest BCUT2D eigenvalue weighted by molar-refractivity contribution is 6.01. The molecule has 0 spiro atoms. The number of ether oxygens (including phenoxy) is 2. The average molecular weight is 536 g/mol. The number of carbonyl (C=O) groups excluding carboxylic acids is 1. The van der Waals surface area contributed by atoms with Crippen LogP contribution in [-0.2, 0) is 11.2 Å². The predicted molar refractivity (Wildman–Crippen MR) is 160 cm³/mol. The highest BCUT2D eigenvalue weighted by Crippen LogP contribution is 2.29. The molecule has 0 radical (unpaired) electrons. The maximum absolute atomic E-state index is 13.2. The summed E-state index contributed by atoms with van der Waals surface area (Å²) in [4.78, 5) is 22.4. The van der Waals surface area contributed by atoms with E-state index >= 15 is 0 Å². The predicted octanol–water partition coefficient (Wildman–Crippen LogP) is 4.17. The number of aliphatic imine (C=N–C) groups is 1. The van der Waals surface area contributed by atoms with Crippen LogP contribution < -0.4 is 20.7 Å². The van der Waals surface area contributed by atoms with Gasteiger partial charge in [0, 0.05) is 56.2 Å². The van der Waals surface area contributed by atoms with Gasteiger partial charge in [-0.15, -0.1) is 0 Å². The number of nitrogens with one attached hydrogen (secondary N) is 1. The zero-order valence-electron chi connectivity index (χ0n) is 24.4. The van der Waals surface area contributed by atoms with Crippen molar-refractivity contribution in [2.24, 2.45) is 10.7 Å². The Bertz CT molecular complexity index is 1170. The van der Waals surface area contributed by atoms with Crippen molar-refractivity contribution in [1.29, 1.82) is 0 Å². The Balaban J connectivity index is 1.63. The largest absolute Gasteiger partial charge is 0.497 e. The van der Waals surface area contributed by atoms with Crippen LogP contribution in [0.3, 0.4) is 0 Å².